The van der Waals surface area contributed by atoms with Crippen LogP contribution in [0, 0.1) is 6.92 Å². The van der Waals surface area contributed by atoms with Crippen molar-refractivity contribution in [2.45, 2.75) is 20.4 Å². The quantitative estimate of drug-likeness (QED) is 0.656. The summed E-state index contributed by atoms with van der Waals surface area (Å²) in [4.78, 5) is 4.45. The Morgan fingerprint density at radius 2 is 2.04 bits per heavy atom. The van der Waals surface area contributed by atoms with Gasteiger partial charge in [0.1, 0.15) is 5.75 Å². The van der Waals surface area contributed by atoms with Gasteiger partial charge < -0.3 is 14.6 Å². The molecule has 0 unspecified atom stereocenters. The molecule has 0 aliphatic rings. The van der Waals surface area contributed by atoms with Gasteiger partial charge >= 0.3 is 0 Å². The molecule has 3 aromatic rings. The average molecular weight is 388 g/mol. The number of benzene rings is 2. The number of halogens is 1. The van der Waals surface area contributed by atoms with Crippen molar-refractivity contribution in [3.05, 3.63) is 58.4 Å². The van der Waals surface area contributed by atoms with Crippen LogP contribution < -0.4 is 10.1 Å². The molecule has 0 aliphatic carbocycles. The van der Waals surface area contributed by atoms with Crippen LogP contribution in [0.1, 0.15) is 18.4 Å². The van der Waals surface area contributed by atoms with E-state index in [0.29, 0.717) is 24.9 Å². The molecule has 0 spiro atoms. The molecule has 124 valence electrons. The van der Waals surface area contributed by atoms with E-state index in [0.717, 1.165) is 27.0 Å². The van der Waals surface area contributed by atoms with Gasteiger partial charge in [-0.15, -0.1) is 0 Å². The molecule has 0 radical (unpaired) electrons. The number of hydrogen-bond acceptors (Lipinski definition) is 5. The van der Waals surface area contributed by atoms with E-state index < -0.39 is 0 Å². The molecule has 0 aliphatic heterocycles. The summed E-state index contributed by atoms with van der Waals surface area (Å²) >= 11 is 3.49. The van der Waals surface area contributed by atoms with E-state index in [4.69, 9.17) is 9.26 Å². The van der Waals surface area contributed by atoms with Gasteiger partial charge in [-0.3, -0.25) is 0 Å². The van der Waals surface area contributed by atoms with Crippen LogP contribution in [0.25, 0.3) is 11.4 Å². The van der Waals surface area contributed by atoms with E-state index in [1.807, 2.05) is 50.2 Å². The van der Waals surface area contributed by atoms with Crippen molar-refractivity contribution in [2.75, 3.05) is 11.9 Å². The van der Waals surface area contributed by atoms with E-state index in [1.165, 1.54) is 0 Å². The van der Waals surface area contributed by atoms with Gasteiger partial charge in [0.2, 0.25) is 11.7 Å². The van der Waals surface area contributed by atoms with Gasteiger partial charge in [-0.2, -0.15) is 4.98 Å². The first-order valence-electron chi connectivity index (χ1n) is 7.72. The van der Waals surface area contributed by atoms with Crippen molar-refractivity contribution in [3.63, 3.8) is 0 Å². The van der Waals surface area contributed by atoms with Crippen LogP contribution in [-0.2, 0) is 6.54 Å². The minimum absolute atomic E-state index is 0.463. The second kappa shape index (κ2) is 7.49. The summed E-state index contributed by atoms with van der Waals surface area (Å²) in [6.07, 6.45) is 0. The summed E-state index contributed by atoms with van der Waals surface area (Å²) in [7, 11) is 0. The molecule has 2 aromatic carbocycles. The second-order valence-electron chi connectivity index (χ2n) is 5.26. The number of anilines is 1. The van der Waals surface area contributed by atoms with Crippen LogP contribution in [0.2, 0.25) is 0 Å². The summed E-state index contributed by atoms with van der Waals surface area (Å²) in [6, 6.07) is 13.7. The fourth-order valence-corrected chi connectivity index (χ4v) is 2.55. The van der Waals surface area contributed by atoms with Crippen molar-refractivity contribution >= 4 is 21.6 Å². The Bertz CT molecular complexity index is 833. The highest BCUT2D eigenvalue weighted by Gasteiger charge is 2.13. The van der Waals surface area contributed by atoms with E-state index in [9.17, 15) is 0 Å². The minimum atomic E-state index is 0.463. The molecule has 1 heterocycles. The molecule has 1 N–H and O–H groups in total. The van der Waals surface area contributed by atoms with Gasteiger partial charge in [0.05, 0.1) is 18.7 Å². The maximum Gasteiger partial charge on any atom is 0.246 e. The van der Waals surface area contributed by atoms with Crippen LogP contribution >= 0.6 is 15.9 Å². The number of ether oxygens (including phenoxy) is 1. The number of rotatable bonds is 6. The number of hydrogen-bond donors (Lipinski definition) is 1. The third-order valence-electron chi connectivity index (χ3n) is 3.50. The van der Waals surface area contributed by atoms with Crippen molar-refractivity contribution in [1.82, 2.24) is 10.1 Å². The second-order valence-corrected chi connectivity index (χ2v) is 6.11. The van der Waals surface area contributed by atoms with Crippen LogP contribution in [0.3, 0.4) is 0 Å². The third-order valence-corrected chi connectivity index (χ3v) is 4.39. The Morgan fingerprint density at radius 3 is 2.83 bits per heavy atom. The topological polar surface area (TPSA) is 60.2 Å². The van der Waals surface area contributed by atoms with Gasteiger partial charge in [0, 0.05) is 10.2 Å². The van der Waals surface area contributed by atoms with Gasteiger partial charge in [-0.05, 0) is 49.7 Å². The molecule has 0 bridgehead atoms. The first kappa shape index (κ1) is 16.5. The standard InChI is InChI=1S/C18H18BrN3O2/c1-3-23-16-7-5-4-6-14(16)18-21-17(24-22-18)11-20-13-8-9-15(19)12(2)10-13/h4-10,20H,3,11H2,1-2H3. The molecule has 0 saturated heterocycles. The Balaban J connectivity index is 1.73. The lowest BCUT2D eigenvalue weighted by atomic mass is 10.2. The Hall–Kier alpha value is -2.34. The number of para-hydroxylation sites is 1. The lowest BCUT2D eigenvalue weighted by molar-refractivity contribution is 0.341. The Morgan fingerprint density at radius 1 is 1.21 bits per heavy atom. The summed E-state index contributed by atoms with van der Waals surface area (Å²) in [5.41, 5.74) is 3.00. The lowest BCUT2D eigenvalue weighted by Gasteiger charge is -2.06. The number of aromatic nitrogens is 2. The average Bonchev–Trinajstić information content (AvgIpc) is 3.06. The zero-order chi connectivity index (χ0) is 16.9. The van der Waals surface area contributed by atoms with Crippen molar-refractivity contribution in [1.29, 1.82) is 0 Å². The first-order valence-corrected chi connectivity index (χ1v) is 8.51. The summed E-state index contributed by atoms with van der Waals surface area (Å²) < 4.78 is 12.0. The highest BCUT2D eigenvalue weighted by atomic mass is 79.9. The number of aryl methyl sites for hydroxylation is 1. The fraction of sp³-hybridized carbons (Fsp3) is 0.222. The highest BCUT2D eigenvalue weighted by molar-refractivity contribution is 9.10. The smallest absolute Gasteiger partial charge is 0.246 e. The van der Waals surface area contributed by atoms with E-state index in [1.54, 1.807) is 0 Å². The molecule has 1 aromatic heterocycles. The Kier molecular flexibility index (Phi) is 5.15. The number of nitrogens with one attached hydrogen (secondary N) is 1. The molecular formula is C18H18BrN3O2. The fourth-order valence-electron chi connectivity index (χ4n) is 2.30. The zero-order valence-corrected chi connectivity index (χ0v) is 15.1. The van der Waals surface area contributed by atoms with Crippen molar-refractivity contribution in [3.8, 4) is 17.1 Å². The maximum absolute atomic E-state index is 5.61. The molecule has 0 fully saturated rings. The SMILES string of the molecule is CCOc1ccccc1-c1noc(CNc2ccc(Br)c(C)c2)n1. The third kappa shape index (κ3) is 3.76. The summed E-state index contributed by atoms with van der Waals surface area (Å²) in [6.45, 7) is 5.05. The highest BCUT2D eigenvalue weighted by Crippen LogP contribution is 2.27. The van der Waals surface area contributed by atoms with E-state index in [-0.39, 0.29) is 0 Å². The molecule has 0 saturated carbocycles. The molecule has 0 atom stereocenters. The monoisotopic (exact) mass is 387 g/mol. The van der Waals surface area contributed by atoms with Crippen LogP contribution in [-0.4, -0.2) is 16.7 Å². The molecule has 0 amide bonds. The van der Waals surface area contributed by atoms with Gasteiger partial charge in [0.15, 0.2) is 0 Å². The van der Waals surface area contributed by atoms with Crippen LogP contribution in [0.15, 0.2) is 51.5 Å². The molecule has 5 nitrogen and oxygen atoms in total. The van der Waals surface area contributed by atoms with Crippen molar-refractivity contribution in [2.24, 2.45) is 0 Å². The van der Waals surface area contributed by atoms with E-state index >= 15 is 0 Å². The van der Waals surface area contributed by atoms with Crippen LogP contribution in [0.4, 0.5) is 5.69 Å². The number of nitrogens with zero attached hydrogens (tertiary/aromatic N) is 2. The molecule has 24 heavy (non-hydrogen) atoms. The first-order chi connectivity index (χ1) is 11.7. The molecular weight excluding hydrogens is 370 g/mol. The minimum Gasteiger partial charge on any atom is -0.493 e. The van der Waals surface area contributed by atoms with E-state index in [2.05, 4.69) is 37.5 Å². The van der Waals surface area contributed by atoms with Gasteiger partial charge in [0.25, 0.3) is 0 Å². The maximum atomic E-state index is 5.61. The van der Waals surface area contributed by atoms with Gasteiger partial charge in [-0.1, -0.05) is 33.2 Å². The Labute approximate surface area is 149 Å². The van der Waals surface area contributed by atoms with Gasteiger partial charge in [-0.25, -0.2) is 0 Å². The van der Waals surface area contributed by atoms with Crippen molar-refractivity contribution < 1.29 is 9.26 Å². The zero-order valence-electron chi connectivity index (χ0n) is 13.5. The normalized spacial score (nSPS) is 10.6. The molecule has 6 heteroatoms. The lowest BCUT2D eigenvalue weighted by Crippen LogP contribution is -2.00. The summed E-state index contributed by atoms with van der Waals surface area (Å²) in [5, 5.41) is 7.34. The summed E-state index contributed by atoms with van der Waals surface area (Å²) in [5.74, 6) is 1.81. The molecule has 3 rings (SSSR count). The largest absolute Gasteiger partial charge is 0.493 e. The predicted octanol–water partition coefficient (Wildman–Crippen LogP) is 4.82. The predicted molar refractivity (Wildman–Crippen MR) is 97.1 cm³/mol. The van der Waals surface area contributed by atoms with Crippen LogP contribution in [0.5, 0.6) is 5.75 Å².